The number of imidazole rings is 2. The van der Waals surface area contributed by atoms with Gasteiger partial charge in [-0.2, -0.15) is 4.98 Å². The van der Waals surface area contributed by atoms with Crippen molar-refractivity contribution in [1.82, 2.24) is 28.9 Å². The zero-order chi connectivity index (χ0) is 42.1. The Kier molecular flexibility index (Phi) is 12.6. The Morgan fingerprint density at radius 2 is 1.27 bits per heavy atom. The lowest BCUT2D eigenvalue weighted by atomic mass is 10.1. The second-order valence-electron chi connectivity index (χ2n) is 14.8. The molecule has 318 valence electrons. The predicted octanol–water partition coefficient (Wildman–Crippen LogP) is 6.62. The number of hydrogen-bond donors (Lipinski definition) is 1. The molecule has 1 N–H and O–H groups in total. The first-order valence-corrected chi connectivity index (χ1v) is 21.8. The van der Waals surface area contributed by atoms with Crippen molar-refractivity contribution in [3.05, 3.63) is 73.7 Å². The van der Waals surface area contributed by atoms with Crippen LogP contribution in [0.1, 0.15) is 71.6 Å². The van der Waals surface area contributed by atoms with Gasteiger partial charge in [-0.15, -0.1) is 0 Å². The van der Waals surface area contributed by atoms with Gasteiger partial charge in [0.2, 0.25) is 17.9 Å². The molecule has 1 saturated heterocycles. The molecule has 2 aromatic heterocycles. The second-order valence-corrected chi connectivity index (χ2v) is 16.3. The molecule has 16 nitrogen and oxygen atoms in total. The van der Waals surface area contributed by atoms with Gasteiger partial charge >= 0.3 is 0 Å². The van der Waals surface area contributed by atoms with Crippen LogP contribution in [-0.4, -0.2) is 125 Å². The molecule has 60 heavy (non-hydrogen) atoms. The Hall–Kier alpha value is -4.84. The third kappa shape index (κ3) is 7.92. The molecule has 0 unspecified atom stereocenters. The average Bonchev–Trinajstić information content (AvgIpc) is 3.78. The van der Waals surface area contributed by atoms with Crippen LogP contribution >= 0.6 is 39.1 Å². The Bertz CT molecular complexity index is 2340. The number of nitrogens with zero attached hydrogens (tertiary/aromatic N) is 10. The predicted molar refractivity (Wildman–Crippen MR) is 236 cm³/mol. The van der Waals surface area contributed by atoms with Gasteiger partial charge in [0.05, 0.1) is 37.4 Å². The molecule has 0 atom stereocenters. The van der Waals surface area contributed by atoms with E-state index < -0.39 is 0 Å². The molecule has 0 aliphatic carbocycles. The Balaban J connectivity index is 0.000000170. The highest BCUT2D eigenvalue weighted by atomic mass is 79.9. The van der Waals surface area contributed by atoms with Crippen LogP contribution in [0, 0.1) is 0 Å². The van der Waals surface area contributed by atoms with E-state index in [1.807, 2.05) is 64.3 Å². The molecule has 9 rings (SSSR count). The summed E-state index contributed by atoms with van der Waals surface area (Å²) in [4.78, 5) is 53.2. The number of nitrogens with one attached hydrogen (secondary N) is 1. The van der Waals surface area contributed by atoms with Gasteiger partial charge in [0.25, 0.3) is 11.8 Å². The standard InChI is InChI=1S/C23H29ClN6O3.C18H19BrClN5O2/c1-3-28-21(31)19-20(29-10-4-9-25-23(28)29)27-22(26-16-7-11-33-12-8-16)30(19)14-15-5-6-18(32-2)17(24)13-15;1-3-23-16(26)14-15(24-8-4-7-21-18(23)24)22-17(19)25(14)10-11-5-6-13(27-2)12(20)9-11/h5-6,13,16H,3-4,7-12,14H2,1-2H3,(H,26,27);5-6,9H,3-4,7-8,10H2,1-2H3. The number of rotatable bonds is 10. The Morgan fingerprint density at radius 1 is 0.767 bits per heavy atom. The smallest absolute Gasteiger partial charge is 0.281 e. The molecule has 7 heterocycles. The zero-order valence-corrected chi connectivity index (χ0v) is 37.2. The number of aliphatic imine (C=N–C) groups is 2. The van der Waals surface area contributed by atoms with E-state index in [0.29, 0.717) is 93.3 Å². The van der Waals surface area contributed by atoms with Crippen molar-refractivity contribution in [2.75, 3.05) is 81.8 Å². The lowest BCUT2D eigenvalue weighted by Crippen LogP contribution is -2.54. The largest absolute Gasteiger partial charge is 0.495 e. The molecule has 5 aliphatic rings. The van der Waals surface area contributed by atoms with Crippen LogP contribution in [0.4, 0.5) is 17.6 Å². The van der Waals surface area contributed by atoms with Crippen LogP contribution in [0.5, 0.6) is 11.5 Å². The maximum atomic E-state index is 13.7. The highest BCUT2D eigenvalue weighted by Crippen LogP contribution is 2.36. The number of aromatic nitrogens is 4. The summed E-state index contributed by atoms with van der Waals surface area (Å²) in [5, 5.41) is 4.66. The van der Waals surface area contributed by atoms with Crippen molar-refractivity contribution in [2.24, 2.45) is 9.98 Å². The second kappa shape index (κ2) is 18.0. The van der Waals surface area contributed by atoms with E-state index in [2.05, 4.69) is 41.1 Å². The topological polar surface area (TPSA) is 147 Å². The number of methoxy groups -OCH3 is 2. The van der Waals surface area contributed by atoms with Gasteiger partial charge < -0.3 is 24.1 Å². The van der Waals surface area contributed by atoms with Crippen LogP contribution in [-0.2, 0) is 17.8 Å². The van der Waals surface area contributed by atoms with Crippen molar-refractivity contribution in [2.45, 2.75) is 58.7 Å². The molecule has 0 radical (unpaired) electrons. The van der Waals surface area contributed by atoms with Crippen molar-refractivity contribution in [3.63, 3.8) is 0 Å². The first kappa shape index (κ1) is 41.9. The van der Waals surface area contributed by atoms with E-state index in [9.17, 15) is 9.59 Å². The maximum absolute atomic E-state index is 13.7. The van der Waals surface area contributed by atoms with Gasteiger partial charge in [0.15, 0.2) is 27.8 Å². The summed E-state index contributed by atoms with van der Waals surface area (Å²) in [6.07, 6.45) is 3.67. The number of anilines is 3. The quantitative estimate of drug-likeness (QED) is 0.184. The highest BCUT2D eigenvalue weighted by Gasteiger charge is 2.42. The van der Waals surface area contributed by atoms with Gasteiger partial charge in [-0.1, -0.05) is 35.3 Å². The molecule has 2 amide bonds. The number of amides is 2. The monoisotopic (exact) mass is 923 g/mol. The molecule has 4 aromatic rings. The minimum atomic E-state index is -0.0813. The van der Waals surface area contributed by atoms with Crippen LogP contribution in [0.3, 0.4) is 0 Å². The lowest BCUT2D eigenvalue weighted by Gasteiger charge is -2.38. The summed E-state index contributed by atoms with van der Waals surface area (Å²) >= 11 is 16.2. The number of carbonyl (C=O) groups is 2. The number of ether oxygens (including phenoxy) is 3. The van der Waals surface area contributed by atoms with Crippen LogP contribution < -0.4 is 24.6 Å². The molecule has 1 fully saturated rings. The van der Waals surface area contributed by atoms with Crippen molar-refractivity contribution >= 4 is 80.4 Å². The first-order valence-electron chi connectivity index (χ1n) is 20.3. The summed E-state index contributed by atoms with van der Waals surface area (Å²) < 4.78 is 20.5. The average molecular weight is 926 g/mol. The molecule has 5 aliphatic heterocycles. The van der Waals surface area contributed by atoms with E-state index >= 15 is 0 Å². The molecule has 0 spiro atoms. The van der Waals surface area contributed by atoms with Gasteiger partial charge in [-0.05, 0) is 90.9 Å². The third-order valence-corrected chi connectivity index (χ3v) is 12.3. The number of hydrogen-bond acceptors (Lipinski definition) is 12. The number of halogens is 3. The number of carbonyl (C=O) groups excluding carboxylic acids is 2. The van der Waals surface area contributed by atoms with Crippen molar-refractivity contribution < 1.29 is 23.8 Å². The summed E-state index contributed by atoms with van der Waals surface area (Å²) in [5.74, 6) is 4.52. The minimum Gasteiger partial charge on any atom is -0.495 e. The van der Waals surface area contributed by atoms with E-state index in [-0.39, 0.29) is 17.9 Å². The van der Waals surface area contributed by atoms with Gasteiger partial charge in [0.1, 0.15) is 11.5 Å². The minimum absolute atomic E-state index is 0.0727. The number of fused-ring (bicyclic) bond motifs is 6. The normalized spacial score (nSPS) is 17.5. The summed E-state index contributed by atoms with van der Waals surface area (Å²) in [7, 11) is 3.18. The Morgan fingerprint density at radius 3 is 1.77 bits per heavy atom. The van der Waals surface area contributed by atoms with Gasteiger partial charge in [0, 0.05) is 58.5 Å². The summed E-state index contributed by atoms with van der Waals surface area (Å²) in [5.41, 5.74) is 3.07. The highest BCUT2D eigenvalue weighted by molar-refractivity contribution is 9.10. The molecule has 2 aromatic carbocycles. The van der Waals surface area contributed by atoms with Crippen LogP contribution in [0.25, 0.3) is 0 Å². The van der Waals surface area contributed by atoms with Gasteiger partial charge in [-0.3, -0.25) is 43.7 Å². The Labute approximate surface area is 367 Å². The maximum Gasteiger partial charge on any atom is 0.281 e. The number of guanidine groups is 2. The van der Waals surface area contributed by atoms with Crippen LogP contribution in [0.2, 0.25) is 10.0 Å². The van der Waals surface area contributed by atoms with Gasteiger partial charge in [-0.25, -0.2) is 4.98 Å². The van der Waals surface area contributed by atoms with Crippen molar-refractivity contribution in [3.8, 4) is 11.5 Å². The molecular formula is C41H48BrCl2N11O5. The van der Waals surface area contributed by atoms with Crippen LogP contribution in [0.15, 0.2) is 51.1 Å². The molecule has 0 bridgehead atoms. The summed E-state index contributed by atoms with van der Waals surface area (Å²) in [6, 6.07) is 11.5. The zero-order valence-electron chi connectivity index (χ0n) is 34.1. The van der Waals surface area contributed by atoms with E-state index in [1.54, 1.807) is 24.0 Å². The van der Waals surface area contributed by atoms with E-state index in [1.165, 1.54) is 0 Å². The lowest BCUT2D eigenvalue weighted by molar-refractivity contribution is 0.0825. The van der Waals surface area contributed by atoms with Crippen molar-refractivity contribution in [1.29, 1.82) is 0 Å². The third-order valence-electron chi connectivity index (χ3n) is 11.1. The molecule has 0 saturated carbocycles. The summed E-state index contributed by atoms with van der Waals surface area (Å²) in [6.45, 7) is 10.5. The first-order chi connectivity index (χ1) is 29.1. The number of benzene rings is 2. The molecular weight excluding hydrogens is 877 g/mol. The van der Waals surface area contributed by atoms with E-state index in [4.69, 9.17) is 42.4 Å². The fraction of sp³-hybridized carbons (Fsp3) is 0.463. The van der Waals surface area contributed by atoms with E-state index in [0.717, 1.165) is 76.2 Å². The fourth-order valence-corrected chi connectivity index (χ4v) is 9.16. The SMILES string of the molecule is CCN1C(=O)c2c(nc(Br)n2Cc2ccc(OC)c(Cl)c2)N2CCCN=C12.CCN1C(=O)c2c(nc(NC3CCOCC3)n2Cc2ccc(OC)c(Cl)c2)N2CCCN=C12. The fourth-order valence-electron chi connectivity index (χ4n) is 8.12. The molecule has 19 heteroatoms.